The van der Waals surface area contributed by atoms with Crippen molar-refractivity contribution in [3.05, 3.63) is 29.3 Å². The Morgan fingerprint density at radius 3 is 2.38 bits per heavy atom. The normalized spacial score (nSPS) is 10.5. The number of aromatic carboxylic acids is 1. The number of rotatable bonds is 9. The average molecular weight is 336 g/mol. The summed E-state index contributed by atoms with van der Waals surface area (Å²) in [6, 6.07) is 4.63. The van der Waals surface area contributed by atoms with Gasteiger partial charge in [-0.2, -0.15) is 0 Å². The molecular formula is C17H24N2O5. The van der Waals surface area contributed by atoms with E-state index in [4.69, 9.17) is 9.84 Å². The topological polar surface area (TPSA) is 105 Å². The first-order chi connectivity index (χ1) is 11.3. The second kappa shape index (κ2) is 9.67. The van der Waals surface area contributed by atoms with Gasteiger partial charge < -0.3 is 20.5 Å². The fourth-order valence-corrected chi connectivity index (χ4v) is 2.16. The molecule has 0 radical (unpaired) electrons. The molecular weight excluding hydrogens is 312 g/mol. The number of carbonyl (C=O) groups is 3. The molecule has 24 heavy (non-hydrogen) atoms. The van der Waals surface area contributed by atoms with Crippen LogP contribution in [0.2, 0.25) is 0 Å². The number of nitrogens with one attached hydrogen (secondary N) is 2. The number of ether oxygens (including phenoxy) is 1. The lowest BCUT2D eigenvalue weighted by Crippen LogP contribution is -2.30. The lowest BCUT2D eigenvalue weighted by Gasteiger charge is -2.10. The van der Waals surface area contributed by atoms with E-state index in [9.17, 15) is 14.4 Å². The van der Waals surface area contributed by atoms with E-state index in [0.717, 1.165) is 0 Å². The van der Waals surface area contributed by atoms with Crippen LogP contribution in [0.5, 0.6) is 0 Å². The summed E-state index contributed by atoms with van der Waals surface area (Å²) in [6.07, 6.45) is 0.881. The molecule has 7 heteroatoms. The van der Waals surface area contributed by atoms with Crippen LogP contribution in [0.25, 0.3) is 0 Å². The number of benzene rings is 1. The van der Waals surface area contributed by atoms with E-state index in [1.54, 1.807) is 6.07 Å². The Morgan fingerprint density at radius 1 is 1.12 bits per heavy atom. The smallest absolute Gasteiger partial charge is 0.335 e. The van der Waals surface area contributed by atoms with Crippen LogP contribution in [0.3, 0.4) is 0 Å². The predicted molar refractivity (Wildman–Crippen MR) is 89.9 cm³/mol. The third kappa shape index (κ3) is 7.23. The molecule has 0 aliphatic rings. The zero-order chi connectivity index (χ0) is 18.1. The molecule has 132 valence electrons. The number of hydrogen-bond acceptors (Lipinski definition) is 4. The van der Waals surface area contributed by atoms with Crippen LogP contribution in [-0.2, 0) is 20.9 Å². The van der Waals surface area contributed by atoms with Crippen molar-refractivity contribution in [3.8, 4) is 0 Å². The summed E-state index contributed by atoms with van der Waals surface area (Å²) in [6.45, 7) is 3.99. The fraction of sp³-hybridized carbons (Fsp3) is 0.471. The maximum Gasteiger partial charge on any atom is 0.335 e. The van der Waals surface area contributed by atoms with E-state index in [2.05, 4.69) is 10.6 Å². The molecule has 0 spiro atoms. The molecule has 1 rings (SSSR count). The van der Waals surface area contributed by atoms with Gasteiger partial charge in [-0.1, -0.05) is 0 Å². The third-order valence-electron chi connectivity index (χ3n) is 3.09. The molecule has 0 saturated heterocycles. The van der Waals surface area contributed by atoms with Crippen molar-refractivity contribution in [2.24, 2.45) is 0 Å². The quantitative estimate of drug-likeness (QED) is 0.641. The highest BCUT2D eigenvalue weighted by molar-refractivity contribution is 5.94. The van der Waals surface area contributed by atoms with Crippen LogP contribution in [0.1, 0.15) is 49.0 Å². The molecule has 0 fully saturated rings. The Morgan fingerprint density at radius 2 is 1.79 bits per heavy atom. The van der Waals surface area contributed by atoms with Crippen molar-refractivity contribution in [3.63, 3.8) is 0 Å². The first kappa shape index (κ1) is 19.6. The summed E-state index contributed by atoms with van der Waals surface area (Å²) in [5, 5.41) is 14.5. The first-order valence-electron chi connectivity index (χ1n) is 7.77. The summed E-state index contributed by atoms with van der Waals surface area (Å²) < 4.78 is 5.00. The summed E-state index contributed by atoms with van der Waals surface area (Å²) in [5.74, 6) is -1.43. The van der Waals surface area contributed by atoms with E-state index >= 15 is 0 Å². The highest BCUT2D eigenvalue weighted by Crippen LogP contribution is 2.17. The molecule has 7 nitrogen and oxygen atoms in total. The molecule has 0 unspecified atom stereocenters. The third-order valence-corrected chi connectivity index (χ3v) is 3.09. The monoisotopic (exact) mass is 336 g/mol. The molecule has 2 amide bonds. The number of carboxylic acids is 1. The average Bonchev–Trinajstić information content (AvgIpc) is 2.46. The van der Waals surface area contributed by atoms with Gasteiger partial charge in [-0.15, -0.1) is 0 Å². The molecule has 0 aliphatic heterocycles. The van der Waals surface area contributed by atoms with Crippen molar-refractivity contribution < 1.29 is 24.2 Å². The van der Waals surface area contributed by atoms with Gasteiger partial charge in [0.1, 0.15) is 0 Å². The maximum absolute atomic E-state index is 11.9. The van der Waals surface area contributed by atoms with Gasteiger partial charge in [0.25, 0.3) is 0 Å². The molecule has 3 N–H and O–H groups in total. The highest BCUT2D eigenvalue weighted by Gasteiger charge is 2.10. The minimum atomic E-state index is -1.08. The first-order valence-corrected chi connectivity index (χ1v) is 7.77. The van der Waals surface area contributed by atoms with Crippen LogP contribution in [0.4, 0.5) is 5.69 Å². The Balaban J connectivity index is 2.59. The summed E-state index contributed by atoms with van der Waals surface area (Å²) in [4.78, 5) is 34.6. The number of anilines is 1. The van der Waals surface area contributed by atoms with Gasteiger partial charge in [0, 0.05) is 31.7 Å². The minimum Gasteiger partial charge on any atom is -0.478 e. The van der Waals surface area contributed by atoms with Gasteiger partial charge in [-0.3, -0.25) is 9.59 Å². The van der Waals surface area contributed by atoms with Crippen LogP contribution in [-0.4, -0.2) is 36.0 Å². The Bertz CT molecular complexity index is 599. The number of hydrogen-bond donors (Lipinski definition) is 3. The zero-order valence-corrected chi connectivity index (χ0v) is 14.2. The number of amides is 2. The van der Waals surface area contributed by atoms with Gasteiger partial charge in [0.15, 0.2) is 0 Å². The van der Waals surface area contributed by atoms with Crippen LogP contribution in [0.15, 0.2) is 18.2 Å². The van der Waals surface area contributed by atoms with E-state index in [-0.39, 0.29) is 42.9 Å². The maximum atomic E-state index is 11.9. The number of carbonyl (C=O) groups excluding carboxylic acids is 2. The van der Waals surface area contributed by atoms with Crippen LogP contribution < -0.4 is 10.6 Å². The minimum absolute atomic E-state index is 0.0734. The standard InChI is InChI=1S/C17H24N2O5/c1-11(2)18-15(20)5-4-6-16(21)19-14-8-12(10-24-3)7-13(9-14)17(22)23/h7-9,11H,4-6,10H2,1-3H3,(H,18,20)(H,19,21)(H,22,23). The van der Waals surface area contributed by atoms with E-state index in [1.165, 1.54) is 19.2 Å². The second-order valence-electron chi connectivity index (χ2n) is 5.78. The Hall–Kier alpha value is -2.41. The molecule has 0 saturated carbocycles. The van der Waals surface area contributed by atoms with Gasteiger partial charge in [0.05, 0.1) is 12.2 Å². The Labute approximate surface area is 141 Å². The van der Waals surface area contributed by atoms with Crippen molar-refractivity contribution in [2.45, 2.75) is 45.8 Å². The van der Waals surface area contributed by atoms with Gasteiger partial charge in [-0.05, 0) is 44.0 Å². The largest absolute Gasteiger partial charge is 0.478 e. The molecule has 0 heterocycles. The second-order valence-corrected chi connectivity index (χ2v) is 5.78. The summed E-state index contributed by atoms with van der Waals surface area (Å²) in [5.41, 5.74) is 1.14. The van der Waals surface area contributed by atoms with Gasteiger partial charge in [0.2, 0.25) is 11.8 Å². The highest BCUT2D eigenvalue weighted by atomic mass is 16.5. The summed E-state index contributed by atoms with van der Waals surface area (Å²) in [7, 11) is 1.51. The number of carboxylic acid groups (broad SMARTS) is 1. The van der Waals surface area contributed by atoms with Gasteiger partial charge in [-0.25, -0.2) is 4.79 Å². The van der Waals surface area contributed by atoms with Gasteiger partial charge >= 0.3 is 5.97 Å². The molecule has 1 aromatic rings. The Kier molecular flexibility index (Phi) is 7.91. The lowest BCUT2D eigenvalue weighted by atomic mass is 10.1. The van der Waals surface area contributed by atoms with Crippen LogP contribution in [0, 0.1) is 0 Å². The van der Waals surface area contributed by atoms with Crippen molar-refractivity contribution in [1.82, 2.24) is 5.32 Å². The lowest BCUT2D eigenvalue weighted by molar-refractivity contribution is -0.121. The van der Waals surface area contributed by atoms with Crippen molar-refractivity contribution in [2.75, 3.05) is 12.4 Å². The SMILES string of the molecule is COCc1cc(NC(=O)CCCC(=O)NC(C)C)cc(C(=O)O)c1. The fourth-order valence-electron chi connectivity index (χ4n) is 2.16. The molecule has 1 aromatic carbocycles. The van der Waals surface area contributed by atoms with E-state index in [1.807, 2.05) is 13.8 Å². The van der Waals surface area contributed by atoms with Crippen molar-refractivity contribution in [1.29, 1.82) is 0 Å². The predicted octanol–water partition coefficient (Wildman–Crippen LogP) is 2.16. The van der Waals surface area contributed by atoms with Crippen molar-refractivity contribution >= 4 is 23.5 Å². The molecule has 0 aliphatic carbocycles. The summed E-state index contributed by atoms with van der Waals surface area (Å²) >= 11 is 0. The van der Waals surface area contributed by atoms with Crippen LogP contribution >= 0.6 is 0 Å². The van der Waals surface area contributed by atoms with E-state index in [0.29, 0.717) is 17.7 Å². The van der Waals surface area contributed by atoms with E-state index < -0.39 is 5.97 Å². The molecule has 0 atom stereocenters. The molecule has 0 aromatic heterocycles. The molecule has 0 bridgehead atoms. The number of methoxy groups -OCH3 is 1. The zero-order valence-electron chi connectivity index (χ0n) is 14.2.